The van der Waals surface area contributed by atoms with E-state index in [1.807, 2.05) is 6.07 Å². The van der Waals surface area contributed by atoms with Crippen LogP contribution in [0, 0.1) is 5.82 Å². The van der Waals surface area contributed by atoms with E-state index >= 15 is 0 Å². The van der Waals surface area contributed by atoms with Crippen molar-refractivity contribution >= 4 is 11.6 Å². The van der Waals surface area contributed by atoms with E-state index in [9.17, 15) is 4.39 Å². The van der Waals surface area contributed by atoms with Crippen LogP contribution in [0.15, 0.2) is 41.2 Å². The zero-order chi connectivity index (χ0) is 13.0. The Morgan fingerprint density at radius 1 is 1.39 bits per heavy atom. The first-order valence-electron chi connectivity index (χ1n) is 5.92. The molecule has 0 aliphatic carbocycles. The zero-order valence-corrected chi connectivity index (χ0v) is 10.9. The molecule has 1 N–H and O–H groups in total. The Morgan fingerprint density at radius 3 is 2.83 bits per heavy atom. The van der Waals surface area contributed by atoms with Crippen molar-refractivity contribution in [3.8, 4) is 0 Å². The largest absolute Gasteiger partial charge is 0.472 e. The number of furan rings is 1. The van der Waals surface area contributed by atoms with E-state index in [0.717, 1.165) is 24.1 Å². The van der Waals surface area contributed by atoms with Gasteiger partial charge in [-0.1, -0.05) is 24.6 Å². The highest BCUT2D eigenvalue weighted by atomic mass is 35.5. The SMILES string of the molecule is CCCNC(c1ccoc1)c1ccc(F)cc1Cl. The maximum Gasteiger partial charge on any atom is 0.124 e. The van der Waals surface area contributed by atoms with Crippen LogP contribution < -0.4 is 5.32 Å². The van der Waals surface area contributed by atoms with E-state index < -0.39 is 0 Å². The van der Waals surface area contributed by atoms with E-state index in [2.05, 4.69) is 12.2 Å². The summed E-state index contributed by atoms with van der Waals surface area (Å²) >= 11 is 6.11. The van der Waals surface area contributed by atoms with Gasteiger partial charge in [-0.3, -0.25) is 0 Å². The van der Waals surface area contributed by atoms with Crippen LogP contribution in [0.4, 0.5) is 4.39 Å². The molecule has 0 bridgehead atoms. The summed E-state index contributed by atoms with van der Waals surface area (Å²) in [6.07, 6.45) is 4.30. The van der Waals surface area contributed by atoms with Gasteiger partial charge in [0.15, 0.2) is 0 Å². The van der Waals surface area contributed by atoms with Crippen molar-refractivity contribution < 1.29 is 8.81 Å². The molecule has 1 aromatic heterocycles. The van der Waals surface area contributed by atoms with E-state index in [-0.39, 0.29) is 11.9 Å². The third-order valence-corrected chi connectivity index (χ3v) is 3.08. The van der Waals surface area contributed by atoms with Crippen molar-refractivity contribution in [1.29, 1.82) is 0 Å². The maximum absolute atomic E-state index is 13.1. The van der Waals surface area contributed by atoms with Crippen molar-refractivity contribution in [3.05, 3.63) is 58.8 Å². The predicted molar refractivity (Wildman–Crippen MR) is 70.3 cm³/mol. The molecule has 0 saturated carbocycles. The van der Waals surface area contributed by atoms with Crippen LogP contribution in [0.3, 0.4) is 0 Å². The standard InChI is InChI=1S/C14H15ClFNO/c1-2-6-17-14(10-5-7-18-9-10)12-4-3-11(16)8-13(12)15/h3-5,7-9,14,17H,2,6H2,1H3. The molecular formula is C14H15ClFNO. The molecule has 0 aliphatic heterocycles. The number of nitrogens with one attached hydrogen (secondary N) is 1. The van der Waals surface area contributed by atoms with Crippen molar-refractivity contribution in [2.45, 2.75) is 19.4 Å². The fraction of sp³-hybridized carbons (Fsp3) is 0.286. The molecule has 0 radical (unpaired) electrons. The normalized spacial score (nSPS) is 12.6. The molecule has 2 aromatic rings. The Hall–Kier alpha value is -1.32. The predicted octanol–water partition coefficient (Wildman–Crippen LogP) is 4.16. The van der Waals surface area contributed by atoms with Gasteiger partial charge >= 0.3 is 0 Å². The van der Waals surface area contributed by atoms with Crippen LogP contribution in [-0.4, -0.2) is 6.54 Å². The molecule has 0 aliphatic rings. The van der Waals surface area contributed by atoms with E-state index in [1.165, 1.54) is 12.1 Å². The van der Waals surface area contributed by atoms with Crippen molar-refractivity contribution in [1.82, 2.24) is 5.32 Å². The highest BCUT2D eigenvalue weighted by Gasteiger charge is 2.17. The summed E-state index contributed by atoms with van der Waals surface area (Å²) in [6.45, 7) is 2.94. The Bertz CT molecular complexity index is 499. The van der Waals surface area contributed by atoms with Gasteiger partial charge in [0.2, 0.25) is 0 Å². The average molecular weight is 268 g/mol. The van der Waals surface area contributed by atoms with Crippen LogP contribution in [0.2, 0.25) is 5.02 Å². The highest BCUT2D eigenvalue weighted by molar-refractivity contribution is 6.31. The number of hydrogen-bond donors (Lipinski definition) is 1. The molecule has 1 unspecified atom stereocenters. The first-order chi connectivity index (χ1) is 8.72. The molecule has 0 saturated heterocycles. The van der Waals surface area contributed by atoms with E-state index in [1.54, 1.807) is 18.6 Å². The Balaban J connectivity index is 2.33. The lowest BCUT2D eigenvalue weighted by Crippen LogP contribution is -2.23. The van der Waals surface area contributed by atoms with Crippen LogP contribution in [-0.2, 0) is 0 Å². The minimum atomic E-state index is -0.329. The molecule has 1 aromatic carbocycles. The smallest absolute Gasteiger partial charge is 0.124 e. The van der Waals surface area contributed by atoms with Crippen molar-refractivity contribution in [3.63, 3.8) is 0 Å². The van der Waals surface area contributed by atoms with Gasteiger partial charge in [-0.15, -0.1) is 0 Å². The minimum Gasteiger partial charge on any atom is -0.472 e. The summed E-state index contributed by atoms with van der Waals surface area (Å²) in [7, 11) is 0. The molecule has 0 fully saturated rings. The third kappa shape index (κ3) is 2.92. The summed E-state index contributed by atoms with van der Waals surface area (Å²) in [5.41, 5.74) is 1.84. The van der Waals surface area contributed by atoms with E-state index in [4.69, 9.17) is 16.0 Å². The van der Waals surface area contributed by atoms with Gasteiger partial charge in [-0.05, 0) is 36.7 Å². The molecular weight excluding hydrogens is 253 g/mol. The maximum atomic E-state index is 13.1. The lowest BCUT2D eigenvalue weighted by atomic mass is 10.0. The summed E-state index contributed by atoms with van der Waals surface area (Å²) in [4.78, 5) is 0. The van der Waals surface area contributed by atoms with Gasteiger partial charge in [0.1, 0.15) is 5.82 Å². The second-order valence-electron chi connectivity index (χ2n) is 4.11. The average Bonchev–Trinajstić information content (AvgIpc) is 2.85. The second-order valence-corrected chi connectivity index (χ2v) is 4.52. The lowest BCUT2D eigenvalue weighted by Gasteiger charge is -2.18. The molecule has 1 atom stereocenters. The van der Waals surface area contributed by atoms with E-state index in [0.29, 0.717) is 5.02 Å². The summed E-state index contributed by atoms with van der Waals surface area (Å²) in [5.74, 6) is -0.329. The quantitative estimate of drug-likeness (QED) is 0.880. The highest BCUT2D eigenvalue weighted by Crippen LogP contribution is 2.29. The van der Waals surface area contributed by atoms with Gasteiger partial charge < -0.3 is 9.73 Å². The topological polar surface area (TPSA) is 25.2 Å². The Morgan fingerprint density at radius 2 is 2.22 bits per heavy atom. The van der Waals surface area contributed by atoms with Gasteiger partial charge in [0.25, 0.3) is 0 Å². The third-order valence-electron chi connectivity index (χ3n) is 2.75. The molecule has 18 heavy (non-hydrogen) atoms. The Kier molecular flexibility index (Phi) is 4.39. The fourth-order valence-corrected chi connectivity index (χ4v) is 2.15. The monoisotopic (exact) mass is 267 g/mol. The van der Waals surface area contributed by atoms with Crippen LogP contribution in [0.1, 0.15) is 30.5 Å². The second kappa shape index (κ2) is 6.03. The molecule has 1 heterocycles. The van der Waals surface area contributed by atoms with Gasteiger partial charge in [-0.2, -0.15) is 0 Å². The molecule has 0 spiro atoms. The van der Waals surface area contributed by atoms with Gasteiger partial charge in [0, 0.05) is 10.6 Å². The number of halogens is 2. The van der Waals surface area contributed by atoms with Crippen LogP contribution in [0.5, 0.6) is 0 Å². The molecule has 2 rings (SSSR count). The van der Waals surface area contributed by atoms with Crippen LogP contribution >= 0.6 is 11.6 Å². The molecule has 0 amide bonds. The number of benzene rings is 1. The molecule has 96 valence electrons. The van der Waals surface area contributed by atoms with Crippen LogP contribution in [0.25, 0.3) is 0 Å². The molecule has 4 heteroatoms. The molecule has 2 nitrogen and oxygen atoms in total. The number of rotatable bonds is 5. The lowest BCUT2D eigenvalue weighted by molar-refractivity contribution is 0.548. The zero-order valence-electron chi connectivity index (χ0n) is 10.1. The fourth-order valence-electron chi connectivity index (χ4n) is 1.87. The first kappa shape index (κ1) is 13.1. The Labute approximate surface area is 111 Å². The first-order valence-corrected chi connectivity index (χ1v) is 6.30. The van der Waals surface area contributed by atoms with Gasteiger partial charge in [0.05, 0.1) is 18.6 Å². The number of hydrogen-bond acceptors (Lipinski definition) is 2. The minimum absolute atomic E-state index is 0.0724. The summed E-state index contributed by atoms with van der Waals surface area (Å²) in [6, 6.07) is 6.27. The van der Waals surface area contributed by atoms with Gasteiger partial charge in [-0.25, -0.2) is 4.39 Å². The van der Waals surface area contributed by atoms with Crippen molar-refractivity contribution in [2.24, 2.45) is 0 Å². The van der Waals surface area contributed by atoms with Crippen molar-refractivity contribution in [2.75, 3.05) is 6.54 Å². The summed E-state index contributed by atoms with van der Waals surface area (Å²) in [5, 5.41) is 3.80. The summed E-state index contributed by atoms with van der Waals surface area (Å²) < 4.78 is 18.2.